The predicted octanol–water partition coefficient (Wildman–Crippen LogP) is 4.38. The topological polar surface area (TPSA) is 79.0 Å². The zero-order chi connectivity index (χ0) is 24.6. The second kappa shape index (κ2) is 11.7. The van der Waals surface area contributed by atoms with Crippen LogP contribution in [0.15, 0.2) is 83.8 Å². The molecule has 0 aliphatic heterocycles. The average molecular weight is 482 g/mol. The molecule has 3 rings (SSSR count). The van der Waals surface area contributed by atoms with E-state index in [0.717, 1.165) is 19.6 Å². The normalized spacial score (nSPS) is 11.3. The minimum absolute atomic E-state index is 0.147. The number of sulfonamides is 1. The van der Waals surface area contributed by atoms with Crippen LogP contribution in [0.4, 0.5) is 5.69 Å². The van der Waals surface area contributed by atoms with Crippen LogP contribution in [-0.4, -0.2) is 52.5 Å². The molecule has 0 saturated carbocycles. The number of benzene rings is 3. The van der Waals surface area contributed by atoms with Crippen molar-refractivity contribution in [2.45, 2.75) is 18.7 Å². The molecule has 7 nitrogen and oxygen atoms in total. The van der Waals surface area contributed by atoms with E-state index in [9.17, 15) is 13.2 Å². The summed E-state index contributed by atoms with van der Waals surface area (Å²) < 4.78 is 33.1. The van der Waals surface area contributed by atoms with Gasteiger partial charge in [0.2, 0.25) is 0 Å². The summed E-state index contributed by atoms with van der Waals surface area (Å²) in [6.07, 6.45) is 0. The fourth-order valence-electron chi connectivity index (χ4n) is 3.39. The molecule has 0 aliphatic rings. The SMILES string of the molecule is CCN(CC)CCNC(=O)c1ccc(N(C)S(=O)(=O)c2ccc(Oc3ccccc3)cc2)cc1. The van der Waals surface area contributed by atoms with Crippen molar-refractivity contribution in [3.05, 3.63) is 84.4 Å². The molecule has 8 heteroatoms. The molecule has 1 N–H and O–H groups in total. The largest absolute Gasteiger partial charge is 0.457 e. The van der Waals surface area contributed by atoms with Gasteiger partial charge in [-0.05, 0) is 73.8 Å². The van der Waals surface area contributed by atoms with Crippen LogP contribution in [0.3, 0.4) is 0 Å². The Hall–Kier alpha value is -3.36. The number of nitrogens with zero attached hydrogens (tertiary/aromatic N) is 2. The smallest absolute Gasteiger partial charge is 0.264 e. The van der Waals surface area contributed by atoms with Gasteiger partial charge < -0.3 is 15.0 Å². The monoisotopic (exact) mass is 481 g/mol. The van der Waals surface area contributed by atoms with Crippen LogP contribution in [-0.2, 0) is 10.0 Å². The number of carbonyl (C=O) groups is 1. The first-order chi connectivity index (χ1) is 16.3. The van der Waals surface area contributed by atoms with Gasteiger partial charge in [-0.25, -0.2) is 8.42 Å². The number of ether oxygens (including phenoxy) is 1. The molecular formula is C26H31N3O4S. The summed E-state index contributed by atoms with van der Waals surface area (Å²) in [5.74, 6) is 1.04. The van der Waals surface area contributed by atoms with E-state index in [0.29, 0.717) is 29.3 Å². The maximum atomic E-state index is 13.1. The van der Waals surface area contributed by atoms with Crippen molar-refractivity contribution in [1.82, 2.24) is 10.2 Å². The first-order valence-corrected chi connectivity index (χ1v) is 12.7. The van der Waals surface area contributed by atoms with Crippen LogP contribution < -0.4 is 14.4 Å². The Kier molecular flexibility index (Phi) is 8.67. The van der Waals surface area contributed by atoms with Crippen LogP contribution in [0.25, 0.3) is 0 Å². The Morgan fingerprint density at radius 2 is 1.44 bits per heavy atom. The number of carbonyl (C=O) groups excluding carboxylic acids is 1. The number of hydrogen-bond donors (Lipinski definition) is 1. The van der Waals surface area contributed by atoms with E-state index in [2.05, 4.69) is 24.1 Å². The van der Waals surface area contributed by atoms with Gasteiger partial charge >= 0.3 is 0 Å². The van der Waals surface area contributed by atoms with Crippen LogP contribution in [0.1, 0.15) is 24.2 Å². The van der Waals surface area contributed by atoms with Crippen molar-refractivity contribution in [3.8, 4) is 11.5 Å². The lowest BCUT2D eigenvalue weighted by molar-refractivity contribution is 0.0949. The van der Waals surface area contributed by atoms with Crippen molar-refractivity contribution in [2.75, 3.05) is 37.5 Å². The van der Waals surface area contributed by atoms with E-state index in [1.54, 1.807) is 36.4 Å². The van der Waals surface area contributed by atoms with Gasteiger partial charge in [0, 0.05) is 25.7 Å². The summed E-state index contributed by atoms with van der Waals surface area (Å²) in [4.78, 5) is 14.8. The Balaban J connectivity index is 1.64. The van der Waals surface area contributed by atoms with Gasteiger partial charge in [-0.15, -0.1) is 0 Å². The van der Waals surface area contributed by atoms with E-state index in [1.807, 2.05) is 30.3 Å². The van der Waals surface area contributed by atoms with Gasteiger partial charge in [0.15, 0.2) is 0 Å². The van der Waals surface area contributed by atoms with Gasteiger partial charge in [-0.3, -0.25) is 9.10 Å². The molecule has 3 aromatic rings. The lowest BCUT2D eigenvalue weighted by Crippen LogP contribution is -2.34. The number of rotatable bonds is 11. The number of anilines is 1. The van der Waals surface area contributed by atoms with Gasteiger partial charge in [0.25, 0.3) is 15.9 Å². The van der Waals surface area contributed by atoms with Crippen molar-refractivity contribution in [2.24, 2.45) is 0 Å². The maximum Gasteiger partial charge on any atom is 0.264 e. The third-order valence-electron chi connectivity index (χ3n) is 5.56. The molecule has 0 radical (unpaired) electrons. The van der Waals surface area contributed by atoms with Crippen LogP contribution in [0.2, 0.25) is 0 Å². The second-order valence-corrected chi connectivity index (χ2v) is 9.66. The number of amides is 1. The highest BCUT2D eigenvalue weighted by Gasteiger charge is 2.21. The molecule has 0 heterocycles. The molecular weight excluding hydrogens is 450 g/mol. The van der Waals surface area contributed by atoms with Gasteiger partial charge in [-0.1, -0.05) is 32.0 Å². The highest BCUT2D eigenvalue weighted by molar-refractivity contribution is 7.92. The van der Waals surface area contributed by atoms with E-state index in [4.69, 9.17) is 4.74 Å². The molecule has 0 aromatic heterocycles. The summed E-state index contributed by atoms with van der Waals surface area (Å²) in [6.45, 7) is 7.38. The number of nitrogens with one attached hydrogen (secondary N) is 1. The van der Waals surface area contributed by atoms with Crippen LogP contribution in [0, 0.1) is 0 Å². The molecule has 0 fully saturated rings. The third-order valence-corrected chi connectivity index (χ3v) is 7.36. The summed E-state index contributed by atoms with van der Waals surface area (Å²) >= 11 is 0. The summed E-state index contributed by atoms with van der Waals surface area (Å²) in [6, 6.07) is 22.1. The Bertz CT molecular complexity index is 1160. The summed E-state index contributed by atoms with van der Waals surface area (Å²) in [5, 5.41) is 2.90. The maximum absolute atomic E-state index is 13.1. The first kappa shape index (κ1) is 25.3. The van der Waals surface area contributed by atoms with Gasteiger partial charge in [0.1, 0.15) is 11.5 Å². The van der Waals surface area contributed by atoms with Crippen LogP contribution >= 0.6 is 0 Å². The van der Waals surface area contributed by atoms with Crippen molar-refractivity contribution < 1.29 is 17.9 Å². The first-order valence-electron chi connectivity index (χ1n) is 11.3. The number of hydrogen-bond acceptors (Lipinski definition) is 5. The minimum Gasteiger partial charge on any atom is -0.457 e. The number of para-hydroxylation sites is 1. The molecule has 3 aromatic carbocycles. The van der Waals surface area contributed by atoms with Crippen molar-refractivity contribution in [3.63, 3.8) is 0 Å². The zero-order valence-corrected chi connectivity index (χ0v) is 20.6. The molecule has 0 atom stereocenters. The lowest BCUT2D eigenvalue weighted by Gasteiger charge is -2.20. The third kappa shape index (κ3) is 6.36. The summed E-state index contributed by atoms with van der Waals surface area (Å²) in [7, 11) is -2.28. The van der Waals surface area contributed by atoms with E-state index < -0.39 is 10.0 Å². The van der Waals surface area contributed by atoms with E-state index in [-0.39, 0.29) is 10.8 Å². The average Bonchev–Trinajstić information content (AvgIpc) is 2.87. The standard InChI is InChI=1S/C26H31N3O4S/c1-4-29(5-2)20-19-27-26(30)21-11-13-22(14-12-21)28(3)34(31,32)25-17-15-24(16-18-25)33-23-9-7-6-8-10-23/h6-18H,4-5,19-20H2,1-3H3,(H,27,30). The quantitative estimate of drug-likeness (QED) is 0.440. The fraction of sp³-hybridized carbons (Fsp3) is 0.269. The minimum atomic E-state index is -3.77. The number of likely N-dealkylation sites (N-methyl/N-ethyl adjacent to an activating group) is 1. The fourth-order valence-corrected chi connectivity index (χ4v) is 4.59. The Morgan fingerprint density at radius 3 is 2.03 bits per heavy atom. The second-order valence-electron chi connectivity index (χ2n) is 7.69. The highest BCUT2D eigenvalue weighted by atomic mass is 32.2. The molecule has 0 saturated heterocycles. The van der Waals surface area contributed by atoms with Gasteiger partial charge in [0.05, 0.1) is 10.6 Å². The van der Waals surface area contributed by atoms with Crippen molar-refractivity contribution >= 4 is 21.6 Å². The Labute approximate surface area is 202 Å². The Morgan fingerprint density at radius 1 is 0.853 bits per heavy atom. The zero-order valence-electron chi connectivity index (χ0n) is 19.8. The molecule has 0 bridgehead atoms. The van der Waals surface area contributed by atoms with Gasteiger partial charge in [-0.2, -0.15) is 0 Å². The molecule has 1 amide bonds. The van der Waals surface area contributed by atoms with E-state index >= 15 is 0 Å². The molecule has 34 heavy (non-hydrogen) atoms. The predicted molar refractivity (Wildman–Crippen MR) is 135 cm³/mol. The molecule has 0 unspecified atom stereocenters. The molecule has 180 valence electrons. The molecule has 0 spiro atoms. The van der Waals surface area contributed by atoms with Crippen molar-refractivity contribution in [1.29, 1.82) is 0 Å². The van der Waals surface area contributed by atoms with E-state index in [1.165, 1.54) is 23.5 Å². The molecule has 0 aliphatic carbocycles. The lowest BCUT2D eigenvalue weighted by atomic mass is 10.2. The van der Waals surface area contributed by atoms with Crippen LogP contribution in [0.5, 0.6) is 11.5 Å². The summed E-state index contributed by atoms with van der Waals surface area (Å²) in [5.41, 5.74) is 0.945. The highest BCUT2D eigenvalue weighted by Crippen LogP contribution is 2.26.